The Balaban J connectivity index is 1.10. The third-order valence-electron chi connectivity index (χ3n) is 9.48. The number of nitrogens with zero attached hydrogens (tertiary/aromatic N) is 4. The largest absolute Gasteiger partial charge is 0.480 e. The quantitative estimate of drug-likeness (QED) is 0.224. The van der Waals surface area contributed by atoms with Crippen LogP contribution in [0.3, 0.4) is 0 Å². The molecule has 0 bridgehead atoms. The number of halogens is 3. The summed E-state index contributed by atoms with van der Waals surface area (Å²) in [6.07, 6.45) is 3.45. The van der Waals surface area contributed by atoms with Crippen LogP contribution in [0.2, 0.25) is 0 Å². The molecule has 1 aromatic heterocycles. The topological polar surface area (TPSA) is 91.4 Å². The highest BCUT2D eigenvalue weighted by molar-refractivity contribution is 5.92. The highest BCUT2D eigenvalue weighted by atomic mass is 19.1. The van der Waals surface area contributed by atoms with Gasteiger partial charge in [0.15, 0.2) is 0 Å². The first-order chi connectivity index (χ1) is 21.8. The number of carbonyl (C=O) groups is 1. The van der Waals surface area contributed by atoms with Gasteiger partial charge in [-0.3, -0.25) is 9.29 Å². The van der Waals surface area contributed by atoms with Crippen LogP contribution >= 0.6 is 0 Å². The van der Waals surface area contributed by atoms with Gasteiger partial charge in [0.2, 0.25) is 0 Å². The molecule has 1 saturated heterocycles. The lowest BCUT2D eigenvalue weighted by molar-refractivity contribution is 0.0697. The third kappa shape index (κ3) is 5.46. The number of para-hydroxylation sites is 1. The number of aromatic carboxylic acids is 1. The number of benzene rings is 3. The number of piperidine rings is 1. The van der Waals surface area contributed by atoms with E-state index in [-0.39, 0.29) is 22.6 Å². The highest BCUT2D eigenvalue weighted by Gasteiger charge is 2.44. The SMILES string of the molecule is N#Cc1ccc([C@H]2C=C(F)c3cccc(C4CCN(Cc5nc6ccc(C(=O)O)cc6n5CC5(CF)CC5)CC4)c3O2)c(F)c1. The van der Waals surface area contributed by atoms with Crippen molar-refractivity contribution in [2.45, 2.75) is 50.8 Å². The van der Waals surface area contributed by atoms with Crippen LogP contribution in [-0.4, -0.2) is 45.3 Å². The van der Waals surface area contributed by atoms with Crippen molar-refractivity contribution in [1.29, 1.82) is 5.26 Å². The summed E-state index contributed by atoms with van der Waals surface area (Å²) in [4.78, 5) is 18.8. The van der Waals surface area contributed by atoms with E-state index >= 15 is 4.39 Å². The number of aromatic nitrogens is 2. The maximum Gasteiger partial charge on any atom is 0.335 e. The van der Waals surface area contributed by atoms with Crippen molar-refractivity contribution < 1.29 is 27.8 Å². The Morgan fingerprint density at radius 1 is 1.09 bits per heavy atom. The van der Waals surface area contributed by atoms with Crippen LogP contribution in [0.25, 0.3) is 16.9 Å². The van der Waals surface area contributed by atoms with Crippen LogP contribution < -0.4 is 4.74 Å². The van der Waals surface area contributed by atoms with Gasteiger partial charge in [-0.05, 0) is 92.7 Å². The number of hydrogen-bond acceptors (Lipinski definition) is 5. The van der Waals surface area contributed by atoms with Crippen LogP contribution in [0.5, 0.6) is 5.75 Å². The molecule has 230 valence electrons. The molecule has 1 aliphatic carbocycles. The maximum atomic E-state index is 15.3. The Morgan fingerprint density at radius 2 is 1.89 bits per heavy atom. The number of carboxylic acids is 1. The Hall–Kier alpha value is -4.62. The van der Waals surface area contributed by atoms with Crippen molar-refractivity contribution in [3.63, 3.8) is 0 Å². The minimum absolute atomic E-state index is 0.0896. The van der Waals surface area contributed by atoms with Crippen LogP contribution in [0.15, 0.2) is 60.7 Å². The number of imidazole rings is 1. The summed E-state index contributed by atoms with van der Waals surface area (Å²) in [6, 6.07) is 16.3. The average molecular weight is 613 g/mol. The van der Waals surface area contributed by atoms with Gasteiger partial charge in [-0.25, -0.2) is 18.6 Å². The van der Waals surface area contributed by atoms with E-state index in [4.69, 9.17) is 15.0 Å². The average Bonchev–Trinajstić information content (AvgIpc) is 3.75. The van der Waals surface area contributed by atoms with E-state index in [1.54, 1.807) is 24.3 Å². The van der Waals surface area contributed by atoms with Gasteiger partial charge < -0.3 is 14.4 Å². The first-order valence-electron chi connectivity index (χ1n) is 15.1. The van der Waals surface area contributed by atoms with Crippen LogP contribution in [0, 0.1) is 22.6 Å². The van der Waals surface area contributed by atoms with E-state index in [9.17, 15) is 18.7 Å². The van der Waals surface area contributed by atoms with Crippen molar-refractivity contribution in [1.82, 2.24) is 14.5 Å². The van der Waals surface area contributed by atoms with Crippen molar-refractivity contribution in [2.75, 3.05) is 19.8 Å². The molecule has 1 atom stereocenters. The number of fused-ring (bicyclic) bond motifs is 2. The zero-order valence-corrected chi connectivity index (χ0v) is 24.5. The fraction of sp³-hybridized carbons (Fsp3) is 0.343. The summed E-state index contributed by atoms with van der Waals surface area (Å²) in [7, 11) is 0. The molecule has 0 radical (unpaired) electrons. The molecule has 3 aromatic carbocycles. The normalized spacial score (nSPS) is 19.4. The van der Waals surface area contributed by atoms with Gasteiger partial charge in [0.05, 0.1) is 47.0 Å². The summed E-state index contributed by atoms with van der Waals surface area (Å²) in [5, 5.41) is 18.6. The summed E-state index contributed by atoms with van der Waals surface area (Å²) in [5.74, 6) is -0.826. The molecule has 7 rings (SSSR count). The first-order valence-corrected chi connectivity index (χ1v) is 15.1. The maximum absolute atomic E-state index is 15.3. The number of carboxylic acid groups (broad SMARTS) is 1. The predicted octanol–water partition coefficient (Wildman–Crippen LogP) is 7.32. The molecule has 0 unspecified atom stereocenters. The third-order valence-corrected chi connectivity index (χ3v) is 9.48. The van der Waals surface area contributed by atoms with Gasteiger partial charge >= 0.3 is 5.97 Å². The van der Waals surface area contributed by atoms with Gasteiger partial charge in [-0.2, -0.15) is 5.26 Å². The molecule has 10 heteroatoms. The van der Waals surface area contributed by atoms with Crippen LogP contribution in [0.4, 0.5) is 13.2 Å². The van der Waals surface area contributed by atoms with Gasteiger partial charge in [0.1, 0.15) is 29.3 Å². The van der Waals surface area contributed by atoms with Crippen molar-refractivity contribution >= 4 is 22.8 Å². The van der Waals surface area contributed by atoms with Crippen LogP contribution in [0.1, 0.15) is 76.1 Å². The van der Waals surface area contributed by atoms with E-state index in [1.165, 1.54) is 18.2 Å². The van der Waals surface area contributed by atoms with Crippen molar-refractivity contribution in [3.05, 3.63) is 100 Å². The molecule has 45 heavy (non-hydrogen) atoms. The van der Waals surface area contributed by atoms with Gasteiger partial charge in [0.25, 0.3) is 0 Å². The van der Waals surface area contributed by atoms with Crippen LogP contribution in [-0.2, 0) is 13.1 Å². The van der Waals surface area contributed by atoms with E-state index in [0.717, 1.165) is 56.2 Å². The number of hydrogen-bond donors (Lipinski definition) is 1. The predicted molar refractivity (Wildman–Crippen MR) is 162 cm³/mol. The molecule has 1 saturated carbocycles. The van der Waals surface area contributed by atoms with E-state index in [1.807, 2.05) is 22.8 Å². The first kappa shape index (κ1) is 29.1. The fourth-order valence-corrected chi connectivity index (χ4v) is 6.61. The Labute approximate surface area is 258 Å². The van der Waals surface area contributed by atoms with E-state index in [0.29, 0.717) is 35.4 Å². The number of alkyl halides is 1. The smallest absolute Gasteiger partial charge is 0.335 e. The summed E-state index contributed by atoms with van der Waals surface area (Å²) in [5.41, 5.74) is 2.72. The molecule has 2 fully saturated rings. The Kier molecular flexibility index (Phi) is 7.37. The minimum Gasteiger partial charge on any atom is -0.480 e. The minimum atomic E-state index is -1.02. The lowest BCUT2D eigenvalue weighted by Crippen LogP contribution is -2.34. The lowest BCUT2D eigenvalue weighted by atomic mass is 9.86. The van der Waals surface area contributed by atoms with E-state index in [2.05, 4.69) is 4.90 Å². The lowest BCUT2D eigenvalue weighted by Gasteiger charge is -2.34. The molecule has 1 N–H and O–H groups in total. The summed E-state index contributed by atoms with van der Waals surface area (Å²) >= 11 is 0. The van der Waals surface area contributed by atoms with E-state index < -0.39 is 35.8 Å². The summed E-state index contributed by atoms with van der Waals surface area (Å²) < 4.78 is 52.3. The molecule has 4 aromatic rings. The zero-order chi connectivity index (χ0) is 31.3. The number of nitriles is 1. The molecular weight excluding hydrogens is 581 g/mol. The summed E-state index contributed by atoms with van der Waals surface area (Å²) in [6.45, 7) is 2.04. The zero-order valence-electron chi connectivity index (χ0n) is 24.5. The Bertz CT molecular complexity index is 1880. The molecule has 2 aliphatic heterocycles. The second-order valence-corrected chi connectivity index (χ2v) is 12.4. The molecule has 0 amide bonds. The fourth-order valence-electron chi connectivity index (χ4n) is 6.61. The Morgan fingerprint density at radius 3 is 2.58 bits per heavy atom. The molecule has 3 aliphatic rings. The van der Waals surface area contributed by atoms with Crippen molar-refractivity contribution in [2.24, 2.45) is 5.41 Å². The molecular formula is C35H31F3N4O3. The molecule has 0 spiro atoms. The van der Waals surface area contributed by atoms with Gasteiger partial charge in [-0.15, -0.1) is 0 Å². The molecule has 3 heterocycles. The highest BCUT2D eigenvalue weighted by Crippen LogP contribution is 2.48. The van der Waals surface area contributed by atoms with Gasteiger partial charge in [-0.1, -0.05) is 18.2 Å². The van der Waals surface area contributed by atoms with Crippen molar-refractivity contribution in [3.8, 4) is 11.8 Å². The number of rotatable bonds is 8. The van der Waals surface area contributed by atoms with Gasteiger partial charge in [0, 0.05) is 17.5 Å². The standard InChI is InChI=1S/C35H31F3N4O3/c36-19-35(10-11-35)20-42-30-15-23(34(43)44)5-7-29(30)40-32(42)18-41-12-8-22(9-13-41)24-2-1-3-26-28(38)16-31(45-33(24)26)25-6-4-21(17-39)14-27(25)37/h1-7,14-16,22,31H,8-13,18-20H2,(H,43,44)/t31-/m1/s1. The molecule has 7 nitrogen and oxygen atoms in total. The number of ether oxygens (including phenoxy) is 1. The second-order valence-electron chi connectivity index (χ2n) is 12.4. The second kappa shape index (κ2) is 11.4. The monoisotopic (exact) mass is 612 g/mol. The number of likely N-dealkylation sites (tertiary alicyclic amines) is 1.